The van der Waals surface area contributed by atoms with Crippen molar-refractivity contribution in [3.05, 3.63) is 182 Å². The molecule has 0 saturated carbocycles. The third-order valence-corrected chi connectivity index (χ3v) is 11.2. The number of pyridine rings is 1. The predicted molar refractivity (Wildman–Crippen MR) is 215 cm³/mol. The quantitative estimate of drug-likeness (QED) is 0.172. The lowest BCUT2D eigenvalue weighted by Crippen LogP contribution is -2.10. The van der Waals surface area contributed by atoms with Gasteiger partial charge in [-0.05, 0) is 91.0 Å². The molecule has 3 heteroatoms. The van der Waals surface area contributed by atoms with Gasteiger partial charge in [-0.1, -0.05) is 133 Å². The molecule has 0 unspecified atom stereocenters. The molecule has 0 fully saturated rings. The van der Waals surface area contributed by atoms with E-state index in [0.29, 0.717) is 0 Å². The molecule has 0 atom stereocenters. The zero-order valence-electron chi connectivity index (χ0n) is 27.1. The van der Waals surface area contributed by atoms with Gasteiger partial charge < -0.3 is 4.90 Å². The molecule has 0 aliphatic heterocycles. The fourth-order valence-corrected chi connectivity index (χ4v) is 8.71. The summed E-state index contributed by atoms with van der Waals surface area (Å²) in [5.74, 6) is 0. The smallest absolute Gasteiger partial charge is 0.0824 e. The maximum absolute atomic E-state index is 4.79. The molecule has 0 bridgehead atoms. The predicted octanol–water partition coefficient (Wildman–Crippen LogP) is 13.7. The summed E-state index contributed by atoms with van der Waals surface area (Å²) in [7, 11) is 0. The average molecular weight is 655 g/mol. The lowest BCUT2D eigenvalue weighted by atomic mass is 9.91. The van der Waals surface area contributed by atoms with Crippen LogP contribution in [-0.2, 0) is 0 Å². The zero-order valence-corrected chi connectivity index (χ0v) is 27.9. The van der Waals surface area contributed by atoms with Crippen molar-refractivity contribution in [3.8, 4) is 22.3 Å². The van der Waals surface area contributed by atoms with Gasteiger partial charge >= 0.3 is 0 Å². The topological polar surface area (TPSA) is 16.1 Å². The van der Waals surface area contributed by atoms with Crippen molar-refractivity contribution in [2.45, 2.75) is 0 Å². The molecule has 8 aromatic carbocycles. The number of hydrogen-bond acceptors (Lipinski definition) is 3. The molecule has 234 valence electrons. The van der Waals surface area contributed by atoms with E-state index in [4.69, 9.17) is 4.98 Å². The summed E-state index contributed by atoms with van der Waals surface area (Å²) in [5.41, 5.74) is 8.08. The van der Waals surface area contributed by atoms with Crippen LogP contribution in [0.15, 0.2) is 182 Å². The van der Waals surface area contributed by atoms with Gasteiger partial charge in [-0.25, -0.2) is 0 Å². The second kappa shape index (κ2) is 11.7. The van der Waals surface area contributed by atoms with Gasteiger partial charge in [-0.3, -0.25) is 4.98 Å². The Morgan fingerprint density at radius 2 is 1.00 bits per heavy atom. The minimum absolute atomic E-state index is 1.08. The van der Waals surface area contributed by atoms with Crippen LogP contribution in [0.5, 0.6) is 0 Å². The molecule has 0 aliphatic rings. The number of anilines is 3. The number of fused-ring (bicyclic) bond motifs is 8. The van der Waals surface area contributed by atoms with Crippen LogP contribution in [0.25, 0.3) is 74.7 Å². The minimum atomic E-state index is 1.08. The van der Waals surface area contributed by atoms with Crippen LogP contribution >= 0.6 is 11.3 Å². The lowest BCUT2D eigenvalue weighted by molar-refractivity contribution is 1.26. The van der Waals surface area contributed by atoms with E-state index in [2.05, 4.69) is 175 Å². The molecule has 0 spiro atoms. The Balaban J connectivity index is 1.15. The van der Waals surface area contributed by atoms with Gasteiger partial charge in [0.15, 0.2) is 0 Å². The highest BCUT2D eigenvalue weighted by Crippen LogP contribution is 2.45. The number of aromatic nitrogens is 1. The third kappa shape index (κ3) is 4.67. The molecule has 2 heterocycles. The van der Waals surface area contributed by atoms with E-state index >= 15 is 0 Å². The van der Waals surface area contributed by atoms with E-state index in [-0.39, 0.29) is 0 Å². The van der Waals surface area contributed by atoms with Gasteiger partial charge in [0.25, 0.3) is 0 Å². The Kier molecular flexibility index (Phi) is 6.71. The van der Waals surface area contributed by atoms with Crippen LogP contribution in [-0.4, -0.2) is 4.98 Å². The third-order valence-electron chi connectivity index (χ3n) is 9.94. The second-order valence-electron chi connectivity index (χ2n) is 12.8. The van der Waals surface area contributed by atoms with Crippen LogP contribution in [0, 0.1) is 0 Å². The molecule has 2 nitrogen and oxygen atoms in total. The molecule has 10 rings (SSSR count). The van der Waals surface area contributed by atoms with Crippen molar-refractivity contribution in [2.75, 3.05) is 4.90 Å². The van der Waals surface area contributed by atoms with Crippen molar-refractivity contribution in [2.24, 2.45) is 0 Å². The first kappa shape index (κ1) is 28.7. The number of nitrogens with zero attached hydrogens (tertiary/aromatic N) is 2. The molecule has 0 amide bonds. The van der Waals surface area contributed by atoms with E-state index < -0.39 is 0 Å². The molecule has 2 aromatic heterocycles. The lowest BCUT2D eigenvalue weighted by Gasteiger charge is -2.26. The fraction of sp³-hybridized carbons (Fsp3) is 0. The molecule has 50 heavy (non-hydrogen) atoms. The highest BCUT2D eigenvalue weighted by atomic mass is 32.1. The molecule has 0 N–H and O–H groups in total. The van der Waals surface area contributed by atoms with Gasteiger partial charge in [0.2, 0.25) is 0 Å². The summed E-state index contributed by atoms with van der Waals surface area (Å²) in [5, 5.41) is 10.1. The fourth-order valence-electron chi connectivity index (χ4n) is 7.53. The van der Waals surface area contributed by atoms with Crippen molar-refractivity contribution in [1.82, 2.24) is 4.98 Å². The monoisotopic (exact) mass is 654 g/mol. The molecular formula is C47H30N2S. The SMILES string of the molecule is c1ccc(-c2ccc(N(c3ccc(-c4cc5c6ccccc6ccc5c5ccccc45)cc3)c3cncc4c3sc3ccccc34)cc2)cc1. The summed E-state index contributed by atoms with van der Waals surface area (Å²) < 4.78 is 2.49. The maximum atomic E-state index is 4.79. The molecule has 0 saturated heterocycles. The maximum Gasteiger partial charge on any atom is 0.0824 e. The first-order valence-corrected chi connectivity index (χ1v) is 17.8. The average Bonchev–Trinajstić information content (AvgIpc) is 3.58. The highest BCUT2D eigenvalue weighted by Gasteiger charge is 2.19. The number of thiophene rings is 1. The van der Waals surface area contributed by atoms with Gasteiger partial charge in [-0.15, -0.1) is 11.3 Å². The second-order valence-corrected chi connectivity index (χ2v) is 13.8. The Labute approximate surface area is 294 Å². The molecule has 0 radical (unpaired) electrons. The standard InChI is InChI=1S/C47H30N2S/c1-2-10-31(11-3-1)32-18-23-35(24-19-32)49(45-30-48-29-44-41-16-8-9-17-46(41)50-47(44)45)36-25-20-34(21-26-36)42-28-43-37-13-5-4-12-33(37)22-27-40(43)38-14-6-7-15-39(38)42/h1-30H. The normalized spacial score (nSPS) is 11.6. The van der Waals surface area contributed by atoms with Gasteiger partial charge in [0.05, 0.1) is 16.6 Å². The van der Waals surface area contributed by atoms with Crippen LogP contribution < -0.4 is 4.90 Å². The van der Waals surface area contributed by atoms with Crippen molar-refractivity contribution < 1.29 is 0 Å². The Morgan fingerprint density at radius 1 is 0.400 bits per heavy atom. The van der Waals surface area contributed by atoms with E-state index in [0.717, 1.165) is 17.1 Å². The van der Waals surface area contributed by atoms with E-state index in [9.17, 15) is 0 Å². The first-order chi connectivity index (χ1) is 24.8. The summed E-state index contributed by atoms with van der Waals surface area (Å²) >= 11 is 1.83. The number of benzene rings is 8. The van der Waals surface area contributed by atoms with Crippen molar-refractivity contribution in [1.29, 1.82) is 0 Å². The minimum Gasteiger partial charge on any atom is -0.308 e. The van der Waals surface area contributed by atoms with Gasteiger partial charge in [0, 0.05) is 33.0 Å². The summed E-state index contributed by atoms with van der Waals surface area (Å²) in [6.07, 6.45) is 4.02. The van der Waals surface area contributed by atoms with Crippen LogP contribution in [0.3, 0.4) is 0 Å². The zero-order chi connectivity index (χ0) is 33.0. The van der Waals surface area contributed by atoms with E-state index in [1.165, 1.54) is 74.7 Å². The molecule has 10 aromatic rings. The number of hydrogen-bond donors (Lipinski definition) is 0. The summed E-state index contributed by atoms with van der Waals surface area (Å²) in [4.78, 5) is 7.15. The van der Waals surface area contributed by atoms with Crippen LogP contribution in [0.2, 0.25) is 0 Å². The van der Waals surface area contributed by atoms with E-state index in [1.807, 2.05) is 23.7 Å². The van der Waals surface area contributed by atoms with Crippen LogP contribution in [0.1, 0.15) is 0 Å². The van der Waals surface area contributed by atoms with Crippen molar-refractivity contribution >= 4 is 80.9 Å². The van der Waals surface area contributed by atoms with Gasteiger partial charge in [0.1, 0.15) is 0 Å². The van der Waals surface area contributed by atoms with Crippen molar-refractivity contribution in [3.63, 3.8) is 0 Å². The van der Waals surface area contributed by atoms with Crippen LogP contribution in [0.4, 0.5) is 17.1 Å². The first-order valence-electron chi connectivity index (χ1n) is 16.9. The number of rotatable bonds is 5. The van der Waals surface area contributed by atoms with E-state index in [1.54, 1.807) is 0 Å². The Hall–Kier alpha value is -6.29. The van der Waals surface area contributed by atoms with Gasteiger partial charge in [-0.2, -0.15) is 0 Å². The molecular weight excluding hydrogens is 625 g/mol. The summed E-state index contributed by atoms with van der Waals surface area (Å²) in [6.45, 7) is 0. The highest BCUT2D eigenvalue weighted by molar-refractivity contribution is 7.26. The Bertz CT molecular complexity index is 2850. The molecule has 0 aliphatic carbocycles. The Morgan fingerprint density at radius 3 is 1.78 bits per heavy atom. The summed E-state index contributed by atoms with van der Waals surface area (Å²) in [6, 6.07) is 61.5. The largest absolute Gasteiger partial charge is 0.308 e.